The van der Waals surface area contributed by atoms with E-state index in [2.05, 4.69) is 17.1 Å². The van der Waals surface area contributed by atoms with E-state index in [0.29, 0.717) is 12.1 Å². The van der Waals surface area contributed by atoms with Gasteiger partial charge in [0.25, 0.3) is 0 Å². The molecule has 1 heterocycles. The van der Waals surface area contributed by atoms with Crippen molar-refractivity contribution >= 4 is 0 Å². The van der Waals surface area contributed by atoms with Gasteiger partial charge in [-0.1, -0.05) is 26.2 Å². The average Bonchev–Trinajstić information content (AvgIpc) is 2.83. The van der Waals surface area contributed by atoms with E-state index in [9.17, 15) is 0 Å². The Hall–Kier alpha value is -0.120. The molecule has 2 rings (SSSR count). The molecule has 3 heteroatoms. The first kappa shape index (κ1) is 13.3. The van der Waals surface area contributed by atoms with E-state index < -0.39 is 0 Å². The van der Waals surface area contributed by atoms with E-state index in [0.717, 1.165) is 19.7 Å². The lowest BCUT2D eigenvalue weighted by molar-refractivity contribution is 0.0364. The van der Waals surface area contributed by atoms with Gasteiger partial charge in [-0.25, -0.2) is 0 Å². The fraction of sp³-hybridized carbons (Fsp3) is 1.00. The lowest BCUT2D eigenvalue weighted by Crippen LogP contribution is -2.51. The molecule has 1 aliphatic heterocycles. The topological polar surface area (TPSA) is 24.5 Å². The Morgan fingerprint density at radius 1 is 1.29 bits per heavy atom. The maximum Gasteiger partial charge on any atom is 0.0597 e. The number of hydrogen-bond donors (Lipinski definition) is 1. The smallest absolute Gasteiger partial charge is 0.0597 e. The van der Waals surface area contributed by atoms with Crippen molar-refractivity contribution in [3.63, 3.8) is 0 Å². The number of nitrogens with zero attached hydrogens (tertiary/aromatic N) is 1. The van der Waals surface area contributed by atoms with Crippen molar-refractivity contribution in [1.82, 2.24) is 10.2 Å². The van der Waals surface area contributed by atoms with Crippen molar-refractivity contribution in [3.05, 3.63) is 0 Å². The van der Waals surface area contributed by atoms with Gasteiger partial charge in [-0.3, -0.25) is 4.90 Å². The van der Waals surface area contributed by atoms with Crippen LogP contribution in [0, 0.1) is 0 Å². The molecule has 2 aliphatic rings. The lowest BCUT2D eigenvalue weighted by atomic mass is 10.1. The number of piperazine rings is 1. The first-order valence-electron chi connectivity index (χ1n) is 7.46. The lowest BCUT2D eigenvalue weighted by Gasteiger charge is -2.33. The van der Waals surface area contributed by atoms with Crippen LogP contribution in [-0.4, -0.2) is 49.8 Å². The molecule has 0 bridgehead atoms. The van der Waals surface area contributed by atoms with Gasteiger partial charge in [0.1, 0.15) is 0 Å². The molecule has 2 fully saturated rings. The first-order valence-corrected chi connectivity index (χ1v) is 7.46. The summed E-state index contributed by atoms with van der Waals surface area (Å²) in [6, 6.07) is 0.709. The standard InChI is InChI=1S/C14H28N2O/c1-2-5-13-12-16(9-8-15-13)10-11-17-14-6-3-4-7-14/h13-15H,2-12H2,1H3. The monoisotopic (exact) mass is 240 g/mol. The molecule has 0 aromatic carbocycles. The Morgan fingerprint density at radius 3 is 2.88 bits per heavy atom. The summed E-state index contributed by atoms with van der Waals surface area (Å²) in [6.45, 7) is 7.87. The summed E-state index contributed by atoms with van der Waals surface area (Å²) in [5.74, 6) is 0. The number of hydrogen-bond acceptors (Lipinski definition) is 3. The van der Waals surface area contributed by atoms with Gasteiger partial charge in [0.15, 0.2) is 0 Å². The highest BCUT2D eigenvalue weighted by Crippen LogP contribution is 2.20. The Morgan fingerprint density at radius 2 is 2.12 bits per heavy atom. The Bertz CT molecular complexity index is 202. The fourth-order valence-corrected chi connectivity index (χ4v) is 3.04. The van der Waals surface area contributed by atoms with Crippen LogP contribution in [0.3, 0.4) is 0 Å². The van der Waals surface area contributed by atoms with Crippen molar-refractivity contribution in [3.8, 4) is 0 Å². The molecule has 0 radical (unpaired) electrons. The van der Waals surface area contributed by atoms with Crippen molar-refractivity contribution in [1.29, 1.82) is 0 Å². The second-order valence-corrected chi connectivity index (χ2v) is 5.52. The normalized spacial score (nSPS) is 27.7. The Kier molecular flexibility index (Phi) is 5.75. The summed E-state index contributed by atoms with van der Waals surface area (Å²) in [6.07, 6.45) is 8.49. The van der Waals surface area contributed by atoms with Crippen LogP contribution in [0.25, 0.3) is 0 Å². The summed E-state index contributed by atoms with van der Waals surface area (Å²) < 4.78 is 5.94. The van der Waals surface area contributed by atoms with E-state index in [1.807, 2.05) is 0 Å². The second kappa shape index (κ2) is 7.34. The summed E-state index contributed by atoms with van der Waals surface area (Å²) in [5.41, 5.74) is 0. The molecule has 0 aromatic rings. The zero-order valence-electron chi connectivity index (χ0n) is 11.3. The van der Waals surface area contributed by atoms with E-state index in [-0.39, 0.29) is 0 Å². The highest BCUT2D eigenvalue weighted by molar-refractivity contribution is 4.78. The molecule has 1 aliphatic carbocycles. The minimum absolute atomic E-state index is 0.573. The van der Waals surface area contributed by atoms with Crippen LogP contribution < -0.4 is 5.32 Å². The largest absolute Gasteiger partial charge is 0.377 e. The zero-order chi connectivity index (χ0) is 11.9. The Balaban J connectivity index is 1.58. The van der Waals surface area contributed by atoms with Crippen LogP contribution in [0.1, 0.15) is 45.4 Å². The van der Waals surface area contributed by atoms with Crippen LogP contribution in [0.4, 0.5) is 0 Å². The molecule has 1 unspecified atom stereocenters. The minimum atomic E-state index is 0.573. The first-order chi connectivity index (χ1) is 8.38. The van der Waals surface area contributed by atoms with E-state index in [4.69, 9.17) is 4.74 Å². The number of rotatable bonds is 6. The molecule has 0 aromatic heterocycles. The van der Waals surface area contributed by atoms with E-state index >= 15 is 0 Å². The van der Waals surface area contributed by atoms with Crippen LogP contribution in [0.2, 0.25) is 0 Å². The highest BCUT2D eigenvalue weighted by Gasteiger charge is 2.19. The zero-order valence-corrected chi connectivity index (χ0v) is 11.3. The summed E-state index contributed by atoms with van der Waals surface area (Å²) in [4.78, 5) is 2.56. The van der Waals surface area contributed by atoms with Gasteiger partial charge in [0, 0.05) is 32.2 Å². The molecule has 0 amide bonds. The van der Waals surface area contributed by atoms with Gasteiger partial charge >= 0.3 is 0 Å². The van der Waals surface area contributed by atoms with Crippen molar-refractivity contribution in [2.45, 2.75) is 57.6 Å². The molecule has 1 saturated carbocycles. The third-order valence-corrected chi connectivity index (χ3v) is 4.04. The Labute approximate surface area is 106 Å². The average molecular weight is 240 g/mol. The molecule has 1 N–H and O–H groups in total. The number of ether oxygens (including phenoxy) is 1. The van der Waals surface area contributed by atoms with Gasteiger partial charge in [-0.2, -0.15) is 0 Å². The molecule has 3 nitrogen and oxygen atoms in total. The van der Waals surface area contributed by atoms with E-state index in [1.54, 1.807) is 0 Å². The minimum Gasteiger partial charge on any atom is -0.377 e. The van der Waals surface area contributed by atoms with Gasteiger partial charge < -0.3 is 10.1 Å². The van der Waals surface area contributed by atoms with E-state index in [1.165, 1.54) is 51.6 Å². The van der Waals surface area contributed by atoms with Gasteiger partial charge in [0.05, 0.1) is 12.7 Å². The quantitative estimate of drug-likeness (QED) is 0.769. The predicted molar refractivity (Wildman–Crippen MR) is 71.3 cm³/mol. The van der Waals surface area contributed by atoms with Crippen molar-refractivity contribution in [2.75, 3.05) is 32.8 Å². The van der Waals surface area contributed by atoms with Crippen LogP contribution in [0.5, 0.6) is 0 Å². The van der Waals surface area contributed by atoms with Crippen LogP contribution in [0.15, 0.2) is 0 Å². The van der Waals surface area contributed by atoms with Gasteiger partial charge in [-0.15, -0.1) is 0 Å². The second-order valence-electron chi connectivity index (χ2n) is 5.52. The van der Waals surface area contributed by atoms with Crippen LogP contribution in [-0.2, 0) is 4.74 Å². The highest BCUT2D eigenvalue weighted by atomic mass is 16.5. The fourth-order valence-electron chi connectivity index (χ4n) is 3.04. The van der Waals surface area contributed by atoms with Gasteiger partial charge in [0.2, 0.25) is 0 Å². The van der Waals surface area contributed by atoms with Gasteiger partial charge in [-0.05, 0) is 19.3 Å². The summed E-state index contributed by atoms with van der Waals surface area (Å²) >= 11 is 0. The third-order valence-electron chi connectivity index (χ3n) is 4.04. The molecular formula is C14H28N2O. The van der Waals surface area contributed by atoms with Crippen molar-refractivity contribution in [2.24, 2.45) is 0 Å². The predicted octanol–water partition coefficient (Wildman–Crippen LogP) is 2.02. The SMILES string of the molecule is CCCC1CN(CCOC2CCCC2)CCN1. The molecule has 100 valence electrons. The van der Waals surface area contributed by atoms with Crippen LogP contribution >= 0.6 is 0 Å². The summed E-state index contributed by atoms with van der Waals surface area (Å²) in [5, 5.41) is 3.60. The third kappa shape index (κ3) is 4.57. The number of nitrogens with one attached hydrogen (secondary N) is 1. The molecule has 17 heavy (non-hydrogen) atoms. The molecule has 1 atom stereocenters. The molecule has 0 spiro atoms. The molecular weight excluding hydrogens is 212 g/mol. The van der Waals surface area contributed by atoms with Crippen molar-refractivity contribution < 1.29 is 4.74 Å². The maximum absolute atomic E-state index is 5.94. The molecule has 1 saturated heterocycles. The summed E-state index contributed by atoms with van der Waals surface area (Å²) in [7, 11) is 0. The maximum atomic E-state index is 5.94.